The first-order chi connectivity index (χ1) is 8.13. The van der Waals surface area contributed by atoms with Crippen molar-refractivity contribution in [2.75, 3.05) is 26.7 Å². The van der Waals surface area contributed by atoms with Crippen LogP contribution in [0.5, 0.6) is 0 Å². The van der Waals surface area contributed by atoms with Crippen molar-refractivity contribution in [3.8, 4) is 0 Å². The molecule has 0 saturated carbocycles. The normalized spacial score (nSPS) is 36.2. The van der Waals surface area contributed by atoms with Crippen molar-refractivity contribution < 1.29 is 0 Å². The van der Waals surface area contributed by atoms with Crippen LogP contribution in [0.3, 0.4) is 0 Å². The molecule has 0 aliphatic carbocycles. The predicted octanol–water partition coefficient (Wildman–Crippen LogP) is 1.67. The van der Waals surface area contributed by atoms with Gasteiger partial charge < -0.3 is 10.6 Å². The topological polar surface area (TPSA) is 32.5 Å². The Balaban J connectivity index is 2.09. The Morgan fingerprint density at radius 1 is 1.47 bits per heavy atom. The second-order valence-corrected chi connectivity index (χ2v) is 6.08. The molecule has 2 aliphatic rings. The van der Waals surface area contributed by atoms with Crippen molar-refractivity contribution in [1.82, 2.24) is 9.80 Å². The van der Waals surface area contributed by atoms with E-state index >= 15 is 0 Å². The highest BCUT2D eigenvalue weighted by Crippen LogP contribution is 2.36. The Bertz CT molecular complexity index is 256. The minimum Gasteiger partial charge on any atom is -0.329 e. The molecule has 2 rings (SSSR count). The molecule has 3 heteroatoms. The number of rotatable bonds is 4. The highest BCUT2D eigenvalue weighted by atomic mass is 15.3. The Hall–Kier alpha value is -0.120. The molecule has 3 atom stereocenters. The summed E-state index contributed by atoms with van der Waals surface area (Å²) in [4.78, 5) is 5.25. The lowest BCUT2D eigenvalue weighted by Crippen LogP contribution is -2.61. The van der Waals surface area contributed by atoms with Gasteiger partial charge in [0.25, 0.3) is 0 Å². The summed E-state index contributed by atoms with van der Waals surface area (Å²) in [5.74, 6) is 0. The fourth-order valence-electron chi connectivity index (χ4n) is 3.70. The highest BCUT2D eigenvalue weighted by Gasteiger charge is 2.43. The van der Waals surface area contributed by atoms with Crippen molar-refractivity contribution in [2.45, 2.75) is 63.6 Å². The van der Waals surface area contributed by atoms with Crippen LogP contribution in [0.2, 0.25) is 0 Å². The number of hydrogen-bond acceptors (Lipinski definition) is 3. The van der Waals surface area contributed by atoms with E-state index in [1.807, 2.05) is 0 Å². The lowest BCUT2D eigenvalue weighted by atomic mass is 9.81. The van der Waals surface area contributed by atoms with Gasteiger partial charge in [-0.2, -0.15) is 0 Å². The molecule has 3 unspecified atom stereocenters. The second kappa shape index (κ2) is 5.25. The third-order valence-corrected chi connectivity index (χ3v) is 5.36. The third kappa shape index (κ3) is 2.38. The fraction of sp³-hybridized carbons (Fsp3) is 1.00. The van der Waals surface area contributed by atoms with Crippen LogP contribution >= 0.6 is 0 Å². The molecular weight excluding hydrogens is 210 g/mol. The smallest absolute Gasteiger partial charge is 0.0358 e. The van der Waals surface area contributed by atoms with Crippen LogP contribution in [0.1, 0.15) is 46.0 Å². The maximum atomic E-state index is 6.15. The van der Waals surface area contributed by atoms with E-state index < -0.39 is 0 Å². The number of hydrogen-bond donors (Lipinski definition) is 1. The molecule has 0 aromatic heterocycles. The summed E-state index contributed by atoms with van der Waals surface area (Å²) in [6.45, 7) is 7.99. The molecule has 2 aliphatic heterocycles. The van der Waals surface area contributed by atoms with Crippen molar-refractivity contribution in [3.63, 3.8) is 0 Å². The molecule has 0 bridgehead atoms. The number of nitrogens with zero attached hydrogens (tertiary/aromatic N) is 2. The van der Waals surface area contributed by atoms with E-state index in [1.54, 1.807) is 0 Å². The van der Waals surface area contributed by atoms with Gasteiger partial charge in [-0.05, 0) is 52.6 Å². The Labute approximate surface area is 106 Å². The van der Waals surface area contributed by atoms with E-state index in [9.17, 15) is 0 Å². The first kappa shape index (κ1) is 13.3. The van der Waals surface area contributed by atoms with Gasteiger partial charge in [0.2, 0.25) is 0 Å². The van der Waals surface area contributed by atoms with E-state index in [4.69, 9.17) is 5.73 Å². The zero-order valence-corrected chi connectivity index (χ0v) is 11.8. The second-order valence-electron chi connectivity index (χ2n) is 6.08. The lowest BCUT2D eigenvalue weighted by Gasteiger charge is -2.51. The minimum atomic E-state index is 0.265. The largest absolute Gasteiger partial charge is 0.329 e. The molecule has 2 saturated heterocycles. The molecule has 100 valence electrons. The van der Waals surface area contributed by atoms with Gasteiger partial charge in [-0.15, -0.1) is 0 Å². The molecule has 17 heavy (non-hydrogen) atoms. The number of nitrogens with two attached hydrogens (primary N) is 1. The van der Waals surface area contributed by atoms with Gasteiger partial charge >= 0.3 is 0 Å². The van der Waals surface area contributed by atoms with E-state index in [0.29, 0.717) is 6.04 Å². The standard InChI is InChI=1S/C14H29N3/c1-4-12(2)16(3)14(11-15)7-9-17-8-5-6-13(17)10-14/h12-13H,4-11,15H2,1-3H3. The van der Waals surface area contributed by atoms with Crippen LogP contribution in [0, 0.1) is 0 Å². The minimum absolute atomic E-state index is 0.265. The molecule has 3 nitrogen and oxygen atoms in total. The molecule has 0 aromatic rings. The molecular formula is C14H29N3. The Morgan fingerprint density at radius 3 is 2.88 bits per heavy atom. The van der Waals surface area contributed by atoms with Gasteiger partial charge in [0.1, 0.15) is 0 Å². The summed E-state index contributed by atoms with van der Waals surface area (Å²) in [6.07, 6.45) is 6.52. The van der Waals surface area contributed by atoms with E-state index in [2.05, 4.69) is 30.7 Å². The molecule has 2 N–H and O–H groups in total. The third-order valence-electron chi connectivity index (χ3n) is 5.36. The maximum absolute atomic E-state index is 6.15. The zero-order chi connectivity index (χ0) is 12.5. The van der Waals surface area contributed by atoms with Gasteiger partial charge in [0, 0.05) is 30.7 Å². The summed E-state index contributed by atoms with van der Waals surface area (Å²) in [7, 11) is 2.28. The van der Waals surface area contributed by atoms with Crippen LogP contribution in [-0.4, -0.2) is 54.1 Å². The molecule has 0 aromatic carbocycles. The van der Waals surface area contributed by atoms with E-state index in [-0.39, 0.29) is 5.54 Å². The zero-order valence-electron chi connectivity index (χ0n) is 11.8. The SMILES string of the molecule is CCC(C)N(C)C1(CN)CCN2CCCC2C1. The van der Waals surface area contributed by atoms with Gasteiger partial charge in [-0.1, -0.05) is 6.92 Å². The van der Waals surface area contributed by atoms with Crippen LogP contribution in [0.25, 0.3) is 0 Å². The molecule has 0 spiro atoms. The summed E-state index contributed by atoms with van der Waals surface area (Å²) in [5, 5.41) is 0. The molecule has 0 amide bonds. The highest BCUT2D eigenvalue weighted by molar-refractivity contribution is 5.01. The molecule has 0 radical (unpaired) electrons. The van der Waals surface area contributed by atoms with Crippen molar-refractivity contribution in [2.24, 2.45) is 5.73 Å². The summed E-state index contributed by atoms with van der Waals surface area (Å²) in [5.41, 5.74) is 6.42. The Morgan fingerprint density at radius 2 is 2.24 bits per heavy atom. The monoisotopic (exact) mass is 239 g/mol. The predicted molar refractivity (Wildman–Crippen MR) is 73.1 cm³/mol. The maximum Gasteiger partial charge on any atom is 0.0358 e. The fourth-order valence-corrected chi connectivity index (χ4v) is 3.70. The van der Waals surface area contributed by atoms with E-state index in [1.165, 1.54) is 45.2 Å². The Kier molecular flexibility index (Phi) is 4.11. The van der Waals surface area contributed by atoms with Crippen molar-refractivity contribution in [1.29, 1.82) is 0 Å². The summed E-state index contributed by atoms with van der Waals surface area (Å²) in [6, 6.07) is 1.45. The van der Waals surface area contributed by atoms with Crippen LogP contribution in [0.15, 0.2) is 0 Å². The number of likely N-dealkylation sites (N-methyl/N-ethyl adjacent to an activating group) is 1. The van der Waals surface area contributed by atoms with Gasteiger partial charge in [0.15, 0.2) is 0 Å². The van der Waals surface area contributed by atoms with Gasteiger partial charge in [-0.3, -0.25) is 4.90 Å². The average molecular weight is 239 g/mol. The van der Waals surface area contributed by atoms with Crippen LogP contribution in [0.4, 0.5) is 0 Å². The molecule has 2 heterocycles. The number of piperidine rings is 1. The van der Waals surface area contributed by atoms with Crippen LogP contribution < -0.4 is 5.73 Å². The molecule has 2 fully saturated rings. The quantitative estimate of drug-likeness (QED) is 0.810. The van der Waals surface area contributed by atoms with Crippen molar-refractivity contribution >= 4 is 0 Å². The number of fused-ring (bicyclic) bond motifs is 1. The first-order valence-electron chi connectivity index (χ1n) is 7.30. The van der Waals surface area contributed by atoms with Crippen molar-refractivity contribution in [3.05, 3.63) is 0 Å². The van der Waals surface area contributed by atoms with Crippen LogP contribution in [-0.2, 0) is 0 Å². The van der Waals surface area contributed by atoms with E-state index in [0.717, 1.165) is 12.6 Å². The average Bonchev–Trinajstić information content (AvgIpc) is 2.83. The van der Waals surface area contributed by atoms with Gasteiger partial charge in [0.05, 0.1) is 0 Å². The summed E-state index contributed by atoms with van der Waals surface area (Å²) < 4.78 is 0. The summed E-state index contributed by atoms with van der Waals surface area (Å²) >= 11 is 0. The lowest BCUT2D eigenvalue weighted by molar-refractivity contribution is 0.00453. The first-order valence-corrected chi connectivity index (χ1v) is 7.30. The van der Waals surface area contributed by atoms with Gasteiger partial charge in [-0.25, -0.2) is 0 Å².